The highest BCUT2D eigenvalue weighted by Gasteiger charge is 2.26. The minimum absolute atomic E-state index is 0.171. The first kappa shape index (κ1) is 13.6. The number of rotatable bonds is 3. The van der Waals surface area contributed by atoms with Crippen LogP contribution in [-0.2, 0) is 6.54 Å². The van der Waals surface area contributed by atoms with Crippen molar-refractivity contribution in [2.75, 3.05) is 13.1 Å². The Morgan fingerprint density at radius 1 is 1.22 bits per heavy atom. The van der Waals surface area contributed by atoms with Crippen molar-refractivity contribution in [1.29, 1.82) is 0 Å². The molecule has 0 spiro atoms. The van der Waals surface area contributed by atoms with Crippen molar-refractivity contribution in [2.45, 2.75) is 46.8 Å². The molecule has 0 aromatic heterocycles. The highest BCUT2D eigenvalue weighted by molar-refractivity contribution is 5.36. The molecule has 0 bridgehead atoms. The predicted molar refractivity (Wildman–Crippen MR) is 75.7 cm³/mol. The molecule has 1 saturated heterocycles. The molecular formula is C16H25NO. The van der Waals surface area contributed by atoms with E-state index in [1.54, 1.807) is 0 Å². The molecule has 1 aliphatic heterocycles. The molecule has 100 valence electrons. The molecule has 18 heavy (non-hydrogen) atoms. The van der Waals surface area contributed by atoms with Crippen LogP contribution in [0.1, 0.15) is 35.6 Å². The normalized spacial score (nSPS) is 22.4. The molecule has 0 saturated carbocycles. The smallest absolute Gasteiger partial charge is 0.0552 e. The van der Waals surface area contributed by atoms with E-state index in [-0.39, 0.29) is 6.10 Å². The lowest BCUT2D eigenvalue weighted by Crippen LogP contribution is -2.24. The molecule has 1 aromatic carbocycles. The number of hydrogen-bond donors (Lipinski definition) is 1. The van der Waals surface area contributed by atoms with Gasteiger partial charge in [-0.1, -0.05) is 12.1 Å². The van der Waals surface area contributed by atoms with Crippen molar-refractivity contribution in [1.82, 2.24) is 4.90 Å². The van der Waals surface area contributed by atoms with Gasteiger partial charge in [-0.3, -0.25) is 4.90 Å². The molecule has 2 nitrogen and oxygen atoms in total. The van der Waals surface area contributed by atoms with Crippen molar-refractivity contribution in [3.63, 3.8) is 0 Å². The Morgan fingerprint density at radius 2 is 1.89 bits per heavy atom. The first-order chi connectivity index (χ1) is 8.47. The van der Waals surface area contributed by atoms with E-state index in [1.165, 1.54) is 22.3 Å². The number of hydrogen-bond acceptors (Lipinski definition) is 2. The molecule has 1 aromatic rings. The number of aryl methyl sites for hydroxylation is 3. The summed E-state index contributed by atoms with van der Waals surface area (Å²) >= 11 is 0. The van der Waals surface area contributed by atoms with Crippen LogP contribution in [0.15, 0.2) is 12.1 Å². The molecule has 1 heterocycles. The fraction of sp³-hybridized carbons (Fsp3) is 0.625. The van der Waals surface area contributed by atoms with Crippen LogP contribution in [0, 0.1) is 26.7 Å². The number of benzene rings is 1. The largest absolute Gasteiger partial charge is 0.393 e. The minimum atomic E-state index is -0.171. The van der Waals surface area contributed by atoms with Crippen molar-refractivity contribution in [3.05, 3.63) is 34.4 Å². The summed E-state index contributed by atoms with van der Waals surface area (Å²) in [6.45, 7) is 11.6. The van der Waals surface area contributed by atoms with E-state index in [0.717, 1.165) is 26.1 Å². The summed E-state index contributed by atoms with van der Waals surface area (Å²) in [6, 6.07) is 4.60. The monoisotopic (exact) mass is 247 g/mol. The van der Waals surface area contributed by atoms with E-state index in [9.17, 15) is 5.11 Å². The summed E-state index contributed by atoms with van der Waals surface area (Å²) in [4.78, 5) is 2.47. The van der Waals surface area contributed by atoms with Crippen molar-refractivity contribution in [3.8, 4) is 0 Å². The first-order valence-electron chi connectivity index (χ1n) is 6.94. The van der Waals surface area contributed by atoms with E-state index in [1.807, 2.05) is 6.92 Å². The van der Waals surface area contributed by atoms with Crippen LogP contribution < -0.4 is 0 Å². The van der Waals surface area contributed by atoms with Crippen molar-refractivity contribution >= 4 is 0 Å². The summed E-state index contributed by atoms with van der Waals surface area (Å²) < 4.78 is 0. The minimum Gasteiger partial charge on any atom is -0.393 e. The summed E-state index contributed by atoms with van der Waals surface area (Å²) in [5.74, 6) is 0.455. The zero-order valence-electron chi connectivity index (χ0n) is 12.0. The van der Waals surface area contributed by atoms with Crippen LogP contribution in [-0.4, -0.2) is 29.2 Å². The Bertz CT molecular complexity index is 425. The van der Waals surface area contributed by atoms with Crippen LogP contribution in [0.4, 0.5) is 0 Å². The van der Waals surface area contributed by atoms with Gasteiger partial charge in [0.15, 0.2) is 0 Å². The average molecular weight is 247 g/mol. The number of aliphatic hydroxyl groups is 1. The second kappa shape index (κ2) is 5.41. The molecule has 1 N–H and O–H groups in total. The van der Waals surface area contributed by atoms with Gasteiger partial charge in [-0.15, -0.1) is 0 Å². The van der Waals surface area contributed by atoms with E-state index >= 15 is 0 Å². The van der Waals surface area contributed by atoms with Crippen LogP contribution in [0.5, 0.6) is 0 Å². The lowest BCUT2D eigenvalue weighted by molar-refractivity contribution is 0.127. The van der Waals surface area contributed by atoms with Gasteiger partial charge in [0.2, 0.25) is 0 Å². The summed E-state index contributed by atoms with van der Waals surface area (Å²) in [7, 11) is 0. The Labute approximate surface area is 111 Å². The lowest BCUT2D eigenvalue weighted by Gasteiger charge is -2.19. The van der Waals surface area contributed by atoms with E-state index in [0.29, 0.717) is 5.92 Å². The molecule has 2 atom stereocenters. The van der Waals surface area contributed by atoms with Gasteiger partial charge >= 0.3 is 0 Å². The van der Waals surface area contributed by atoms with Gasteiger partial charge in [0.1, 0.15) is 0 Å². The Balaban J connectivity index is 2.05. The highest BCUT2D eigenvalue weighted by atomic mass is 16.3. The maximum atomic E-state index is 9.64. The van der Waals surface area contributed by atoms with Gasteiger partial charge in [-0.05, 0) is 68.8 Å². The maximum Gasteiger partial charge on any atom is 0.0552 e. The first-order valence-corrected chi connectivity index (χ1v) is 6.94. The van der Waals surface area contributed by atoms with Gasteiger partial charge in [0.05, 0.1) is 6.10 Å². The molecular weight excluding hydrogens is 222 g/mol. The van der Waals surface area contributed by atoms with E-state index < -0.39 is 0 Å². The van der Waals surface area contributed by atoms with Gasteiger partial charge in [0.25, 0.3) is 0 Å². The van der Waals surface area contributed by atoms with Crippen LogP contribution in [0.25, 0.3) is 0 Å². The van der Waals surface area contributed by atoms with E-state index in [4.69, 9.17) is 0 Å². The lowest BCUT2D eigenvalue weighted by atomic mass is 10.0. The quantitative estimate of drug-likeness (QED) is 0.888. The SMILES string of the molecule is Cc1cc(C)c(CN2CCC(C(C)O)C2)cc1C. The Morgan fingerprint density at radius 3 is 2.50 bits per heavy atom. The number of aliphatic hydroxyl groups excluding tert-OH is 1. The Kier molecular flexibility index (Phi) is 4.08. The number of likely N-dealkylation sites (tertiary alicyclic amines) is 1. The van der Waals surface area contributed by atoms with Gasteiger partial charge < -0.3 is 5.11 Å². The number of nitrogens with zero attached hydrogens (tertiary/aromatic N) is 1. The second-order valence-electron chi connectivity index (χ2n) is 5.89. The second-order valence-corrected chi connectivity index (χ2v) is 5.89. The molecule has 2 heteroatoms. The van der Waals surface area contributed by atoms with Crippen LogP contribution in [0.3, 0.4) is 0 Å². The molecule has 1 fully saturated rings. The van der Waals surface area contributed by atoms with Gasteiger partial charge in [-0.25, -0.2) is 0 Å². The van der Waals surface area contributed by atoms with Crippen LogP contribution >= 0.6 is 0 Å². The standard InChI is InChI=1S/C16H25NO/c1-11-7-13(3)16(8-12(11)2)10-17-6-5-15(9-17)14(4)18/h7-8,14-15,18H,5-6,9-10H2,1-4H3. The topological polar surface area (TPSA) is 23.5 Å². The summed E-state index contributed by atoms with van der Waals surface area (Å²) in [5.41, 5.74) is 5.57. The highest BCUT2D eigenvalue weighted by Crippen LogP contribution is 2.23. The average Bonchev–Trinajstić information content (AvgIpc) is 2.74. The van der Waals surface area contributed by atoms with E-state index in [2.05, 4.69) is 37.8 Å². The molecule has 1 aliphatic rings. The van der Waals surface area contributed by atoms with Gasteiger partial charge in [0, 0.05) is 13.1 Å². The van der Waals surface area contributed by atoms with Crippen molar-refractivity contribution < 1.29 is 5.11 Å². The van der Waals surface area contributed by atoms with Crippen molar-refractivity contribution in [2.24, 2.45) is 5.92 Å². The third-order valence-electron chi connectivity index (χ3n) is 4.34. The Hall–Kier alpha value is -0.860. The van der Waals surface area contributed by atoms with Crippen LogP contribution in [0.2, 0.25) is 0 Å². The molecule has 0 radical (unpaired) electrons. The molecule has 0 aliphatic carbocycles. The zero-order valence-corrected chi connectivity index (χ0v) is 12.0. The third kappa shape index (κ3) is 2.93. The summed E-state index contributed by atoms with van der Waals surface area (Å²) in [6.07, 6.45) is 0.956. The van der Waals surface area contributed by atoms with Gasteiger partial charge in [-0.2, -0.15) is 0 Å². The molecule has 2 unspecified atom stereocenters. The zero-order chi connectivity index (χ0) is 13.3. The fourth-order valence-electron chi connectivity index (χ4n) is 2.83. The third-order valence-corrected chi connectivity index (χ3v) is 4.34. The molecule has 2 rings (SSSR count). The maximum absolute atomic E-state index is 9.64. The summed E-state index contributed by atoms with van der Waals surface area (Å²) in [5, 5.41) is 9.64. The predicted octanol–water partition coefficient (Wildman–Crippen LogP) is 2.81. The fourth-order valence-corrected chi connectivity index (χ4v) is 2.83. The molecule has 0 amide bonds.